The van der Waals surface area contributed by atoms with Crippen LogP contribution in [0.2, 0.25) is 0 Å². The molecule has 0 saturated heterocycles. The van der Waals surface area contributed by atoms with E-state index >= 15 is 0 Å². The summed E-state index contributed by atoms with van der Waals surface area (Å²) in [5.41, 5.74) is 0. The Morgan fingerprint density at radius 1 is 1.83 bits per heavy atom. The van der Waals surface area contributed by atoms with E-state index in [4.69, 9.17) is 9.46 Å². The number of halogens is 1. The molecule has 0 aliphatic carbocycles. The zero-order valence-corrected chi connectivity index (χ0v) is 3.58. The van der Waals surface area contributed by atoms with E-state index in [1.807, 2.05) is 0 Å². The zero-order chi connectivity index (χ0) is 4.50. The Kier molecular flexibility index (Phi) is 4.75. The average molecular weight is 104 g/mol. The molecule has 0 aromatic heterocycles. The first-order valence-corrected chi connectivity index (χ1v) is 3.00. The molecule has 32 valence electrons. The van der Waals surface area contributed by atoms with E-state index in [-0.39, 0.29) is 18.9 Å². The fraction of sp³-hybridized carbons (Fsp3) is 0. The van der Waals surface area contributed by atoms with Gasteiger partial charge < -0.3 is 4.89 Å². The second-order valence-electron chi connectivity index (χ2n) is 0.778. The van der Waals surface area contributed by atoms with Gasteiger partial charge in [-0.25, -0.2) is 0 Å². The third-order valence-electron chi connectivity index (χ3n) is 0. The maximum absolute atomic E-state index is 10.8. The Morgan fingerprint density at radius 3 is 1.83 bits per heavy atom. The van der Waals surface area contributed by atoms with E-state index in [1.54, 1.807) is 0 Å². The molecule has 1 N–H and O–H groups in total. The van der Waals surface area contributed by atoms with E-state index in [9.17, 15) is 4.20 Å². The van der Waals surface area contributed by atoms with E-state index in [1.165, 1.54) is 0 Å². The topological polar surface area (TPSA) is 37.3 Å². The van der Waals surface area contributed by atoms with Crippen LogP contribution in [0.15, 0.2) is 0 Å². The predicted octanol–water partition coefficient (Wildman–Crippen LogP) is -0.959. The van der Waals surface area contributed by atoms with E-state index in [2.05, 4.69) is 0 Å². The number of rotatable bonds is 0. The van der Waals surface area contributed by atoms with Crippen molar-refractivity contribution < 1.29 is 13.7 Å². The molecule has 1 atom stereocenters. The van der Waals surface area contributed by atoms with Gasteiger partial charge in [-0.05, 0) is 0 Å². The first-order valence-electron chi connectivity index (χ1n) is 0.999. The molecule has 0 aromatic rings. The van der Waals surface area contributed by atoms with Gasteiger partial charge in [0.15, 0.2) is 0 Å². The van der Waals surface area contributed by atoms with Gasteiger partial charge in [-0.3, -0.25) is 4.57 Å². The third-order valence-corrected chi connectivity index (χ3v) is 0. The van der Waals surface area contributed by atoms with E-state index in [0.29, 0.717) is 7.57 Å². The van der Waals surface area contributed by atoms with Gasteiger partial charge >= 0.3 is 26.4 Å². The Balaban J connectivity index is 0. The van der Waals surface area contributed by atoms with Crippen molar-refractivity contribution in [1.82, 2.24) is 0 Å². The monoisotopic (exact) mass is 104 g/mol. The van der Waals surface area contributed by atoms with Gasteiger partial charge in [-0.15, -0.1) is 0 Å². The fourth-order valence-corrected chi connectivity index (χ4v) is 0. The molecule has 0 aromatic carbocycles. The minimum atomic E-state index is -4.14. The molecule has 6 heavy (non-hydrogen) atoms. The quantitative estimate of drug-likeness (QED) is 0.317. The normalized spacial score (nSPS) is 17.7. The molecule has 0 saturated carbocycles. The summed E-state index contributed by atoms with van der Waals surface area (Å²) < 4.78 is 19.9. The van der Waals surface area contributed by atoms with Crippen LogP contribution in [-0.2, 0) is 4.57 Å². The average Bonchev–Trinajstić information content (AvgIpc) is 0.722. The van der Waals surface area contributed by atoms with Gasteiger partial charge in [0, 0.05) is 0 Å². The standard InChI is InChI=1S/BFH3O2P.Li.H/c1-5(2,3)4;;/h1H2,(H,3,4);;. The second-order valence-corrected chi connectivity index (χ2v) is 2.33. The van der Waals surface area contributed by atoms with Crippen molar-refractivity contribution in [3.8, 4) is 0 Å². The summed E-state index contributed by atoms with van der Waals surface area (Å²) in [4.78, 5) is 7.41. The number of hydrogen-bond donors (Lipinski definition) is 1. The van der Waals surface area contributed by atoms with Crippen molar-refractivity contribution in [1.29, 1.82) is 0 Å². The third kappa shape index (κ3) is 112. The molecule has 0 aliphatic heterocycles. The van der Waals surface area contributed by atoms with Gasteiger partial charge in [0.05, 0.1) is 0 Å². The summed E-state index contributed by atoms with van der Waals surface area (Å²) >= 11 is 0. The van der Waals surface area contributed by atoms with Gasteiger partial charge in [0.25, 0.3) is 7.57 Å². The Morgan fingerprint density at radius 2 is 1.83 bits per heavy atom. The predicted molar refractivity (Wildman–Crippen MR) is 26.6 cm³/mol. The molecule has 2 nitrogen and oxygen atoms in total. The van der Waals surface area contributed by atoms with Crippen LogP contribution in [0.4, 0.5) is 4.20 Å². The first kappa shape index (κ1) is 9.92. The molecule has 0 rings (SSSR count). The molecule has 1 unspecified atom stereocenters. The van der Waals surface area contributed by atoms with Crippen LogP contribution in [0.5, 0.6) is 0 Å². The van der Waals surface area contributed by atoms with Crippen molar-refractivity contribution in [2.75, 3.05) is 0 Å². The molecule has 0 heterocycles. The van der Waals surface area contributed by atoms with E-state index in [0.717, 1.165) is 0 Å². The Hall–Kier alpha value is 0.782. The molecule has 6 heteroatoms. The molecule has 0 bridgehead atoms. The summed E-state index contributed by atoms with van der Waals surface area (Å²) in [5, 5.41) is 0. The molecule has 0 radical (unpaired) electrons. The Labute approximate surface area is 48.2 Å². The van der Waals surface area contributed by atoms with Crippen molar-refractivity contribution in [2.45, 2.75) is 0 Å². The van der Waals surface area contributed by atoms with Gasteiger partial charge in [0.1, 0.15) is 0 Å². The maximum atomic E-state index is 10.8. The minimum absolute atomic E-state index is 0. The second kappa shape index (κ2) is 2.87. The molecule has 0 fully saturated rings. The van der Waals surface area contributed by atoms with Gasteiger partial charge in [-0.1, -0.05) is 0 Å². The van der Waals surface area contributed by atoms with Crippen LogP contribution in [-0.4, -0.2) is 31.3 Å². The summed E-state index contributed by atoms with van der Waals surface area (Å²) in [6, 6.07) is 0. The van der Waals surface area contributed by atoms with Crippen molar-refractivity contribution in [2.24, 2.45) is 0 Å². The molecular weight excluding hydrogens is 99.7 g/mol. The summed E-state index contributed by atoms with van der Waals surface area (Å²) in [5.74, 6) is 0. The van der Waals surface area contributed by atoms with Crippen LogP contribution in [0.1, 0.15) is 0 Å². The van der Waals surface area contributed by atoms with Crippen LogP contribution >= 0.6 is 7.56 Å². The van der Waals surface area contributed by atoms with Gasteiger partial charge in [-0.2, -0.15) is 4.20 Å². The molecule has 0 aliphatic rings. The van der Waals surface area contributed by atoms with Crippen LogP contribution in [0.3, 0.4) is 0 Å². The van der Waals surface area contributed by atoms with Crippen molar-refractivity contribution in [3.05, 3.63) is 0 Å². The van der Waals surface area contributed by atoms with Crippen LogP contribution in [0.25, 0.3) is 0 Å². The summed E-state index contributed by atoms with van der Waals surface area (Å²) in [6.07, 6.45) is 0. The fourth-order valence-electron chi connectivity index (χ4n) is 0. The van der Waals surface area contributed by atoms with E-state index < -0.39 is 7.56 Å². The number of hydrogen-bond acceptors (Lipinski definition) is 1. The van der Waals surface area contributed by atoms with Crippen LogP contribution in [0, 0.1) is 0 Å². The molecular formula is H4BFLiO2P. The zero-order valence-electron chi connectivity index (χ0n) is 2.68. The van der Waals surface area contributed by atoms with Crippen molar-refractivity contribution >= 4 is 34.0 Å². The van der Waals surface area contributed by atoms with Crippen molar-refractivity contribution in [3.63, 3.8) is 0 Å². The molecule has 0 spiro atoms. The Bertz CT molecular complexity index is 59.7. The van der Waals surface area contributed by atoms with Gasteiger partial charge in [0.2, 0.25) is 0 Å². The molecule has 0 amide bonds. The first-order chi connectivity index (χ1) is 2.00. The van der Waals surface area contributed by atoms with Crippen LogP contribution < -0.4 is 0 Å². The summed E-state index contributed by atoms with van der Waals surface area (Å²) in [7, 11) is -3.51. The summed E-state index contributed by atoms with van der Waals surface area (Å²) in [6.45, 7) is 0. The SMILES string of the molecule is BP(=O)(O)F.[LiH].